The third kappa shape index (κ3) is 2.66. The first-order chi connectivity index (χ1) is 9.78. The summed E-state index contributed by atoms with van der Waals surface area (Å²) >= 11 is 0. The Morgan fingerprint density at radius 2 is 2.10 bits per heavy atom. The summed E-state index contributed by atoms with van der Waals surface area (Å²) in [6.45, 7) is 3.21. The minimum absolute atomic E-state index is 0.00368. The molecular formula is C15H25N3O2. The van der Waals surface area contributed by atoms with Crippen LogP contribution in [0.2, 0.25) is 0 Å². The number of rotatable bonds is 4. The van der Waals surface area contributed by atoms with Gasteiger partial charge < -0.3 is 20.3 Å². The highest BCUT2D eigenvalue weighted by Gasteiger charge is 2.41. The molecule has 3 heterocycles. The van der Waals surface area contributed by atoms with E-state index >= 15 is 0 Å². The van der Waals surface area contributed by atoms with Crippen molar-refractivity contribution in [1.82, 2.24) is 15.5 Å². The quantitative estimate of drug-likeness (QED) is 0.810. The monoisotopic (exact) mass is 279 g/mol. The minimum atomic E-state index is -0.00368. The number of ether oxygens (including phenoxy) is 1. The molecule has 0 radical (unpaired) electrons. The Balaban J connectivity index is 1.17. The van der Waals surface area contributed by atoms with Crippen LogP contribution in [0.1, 0.15) is 38.5 Å². The van der Waals surface area contributed by atoms with Gasteiger partial charge in [0.2, 0.25) is 0 Å². The van der Waals surface area contributed by atoms with Gasteiger partial charge in [0.05, 0.1) is 18.2 Å². The first-order valence-electron chi connectivity index (χ1n) is 8.22. The van der Waals surface area contributed by atoms with Crippen molar-refractivity contribution in [3.05, 3.63) is 0 Å². The molecule has 0 aromatic rings. The van der Waals surface area contributed by atoms with Gasteiger partial charge in [-0.05, 0) is 51.0 Å². The predicted octanol–water partition coefficient (Wildman–Crippen LogP) is 1.09. The zero-order valence-corrected chi connectivity index (χ0v) is 12.0. The molecule has 5 heteroatoms. The maximum absolute atomic E-state index is 12.0. The molecule has 2 amide bonds. The van der Waals surface area contributed by atoms with Gasteiger partial charge in [-0.2, -0.15) is 0 Å². The lowest BCUT2D eigenvalue weighted by molar-refractivity contribution is 0.0981. The Labute approximate surface area is 120 Å². The van der Waals surface area contributed by atoms with Gasteiger partial charge in [0, 0.05) is 19.1 Å². The maximum Gasteiger partial charge on any atom is 0.315 e. The van der Waals surface area contributed by atoms with Gasteiger partial charge in [0.15, 0.2) is 0 Å². The first kappa shape index (κ1) is 12.9. The van der Waals surface area contributed by atoms with Crippen molar-refractivity contribution in [3.8, 4) is 0 Å². The standard InChI is InChI=1S/C15H25N3O2/c19-15(17-13-7-12-3-4-14(13)20-12)16-8-10-5-6-18(9-10)11-1-2-11/h10-14H,1-9H2,(H2,16,17,19)/t10-,12+,13-,14+/m0/s1. The van der Waals surface area contributed by atoms with E-state index in [1.807, 2.05) is 0 Å². The number of likely N-dealkylation sites (tertiary alicyclic amines) is 1. The van der Waals surface area contributed by atoms with E-state index in [2.05, 4.69) is 15.5 Å². The normalized spacial score (nSPS) is 40.2. The fraction of sp³-hybridized carbons (Fsp3) is 0.933. The van der Waals surface area contributed by atoms with Gasteiger partial charge in [0.25, 0.3) is 0 Å². The number of fused-ring (bicyclic) bond motifs is 2. The third-order valence-electron chi connectivity index (χ3n) is 5.35. The molecule has 2 bridgehead atoms. The van der Waals surface area contributed by atoms with Crippen LogP contribution in [0.25, 0.3) is 0 Å². The van der Waals surface area contributed by atoms with E-state index in [9.17, 15) is 4.79 Å². The predicted molar refractivity (Wildman–Crippen MR) is 75.5 cm³/mol. The molecule has 4 rings (SSSR count). The highest BCUT2D eigenvalue weighted by atomic mass is 16.5. The van der Waals surface area contributed by atoms with Gasteiger partial charge in [-0.3, -0.25) is 0 Å². The molecule has 3 aliphatic heterocycles. The maximum atomic E-state index is 12.0. The smallest absolute Gasteiger partial charge is 0.315 e. The molecule has 0 unspecified atom stereocenters. The van der Waals surface area contributed by atoms with Crippen molar-refractivity contribution in [2.24, 2.45) is 5.92 Å². The fourth-order valence-corrected chi connectivity index (χ4v) is 4.05. The van der Waals surface area contributed by atoms with E-state index in [-0.39, 0.29) is 18.2 Å². The SMILES string of the molecule is O=C(NC[C@@H]1CCN(C2CC2)C1)N[C@H]1C[C@H]2CC[C@H]1O2. The molecule has 4 aliphatic rings. The molecule has 0 spiro atoms. The number of carbonyl (C=O) groups is 1. The van der Waals surface area contributed by atoms with Gasteiger partial charge in [0.1, 0.15) is 0 Å². The minimum Gasteiger partial charge on any atom is -0.373 e. The van der Waals surface area contributed by atoms with E-state index in [1.165, 1.54) is 38.8 Å². The summed E-state index contributed by atoms with van der Waals surface area (Å²) in [7, 11) is 0. The summed E-state index contributed by atoms with van der Waals surface area (Å²) in [5.74, 6) is 0.637. The van der Waals surface area contributed by atoms with E-state index in [4.69, 9.17) is 4.74 Å². The van der Waals surface area contributed by atoms with E-state index in [0.29, 0.717) is 12.0 Å². The van der Waals surface area contributed by atoms with Crippen LogP contribution in [-0.4, -0.2) is 54.9 Å². The third-order valence-corrected chi connectivity index (χ3v) is 5.35. The molecule has 2 N–H and O–H groups in total. The second kappa shape index (κ2) is 5.19. The van der Waals surface area contributed by atoms with Crippen LogP contribution in [0.5, 0.6) is 0 Å². The van der Waals surface area contributed by atoms with Gasteiger partial charge in [-0.1, -0.05) is 0 Å². The summed E-state index contributed by atoms with van der Waals surface area (Å²) in [6.07, 6.45) is 7.92. The summed E-state index contributed by atoms with van der Waals surface area (Å²) in [6, 6.07) is 1.09. The largest absolute Gasteiger partial charge is 0.373 e. The van der Waals surface area contributed by atoms with Crippen LogP contribution >= 0.6 is 0 Å². The fourth-order valence-electron chi connectivity index (χ4n) is 4.05. The molecule has 5 nitrogen and oxygen atoms in total. The second-order valence-electron chi connectivity index (χ2n) is 6.95. The Kier molecular flexibility index (Phi) is 3.34. The highest BCUT2D eigenvalue weighted by molar-refractivity contribution is 5.74. The molecule has 1 aliphatic carbocycles. The van der Waals surface area contributed by atoms with Crippen molar-refractivity contribution in [2.45, 2.75) is 62.8 Å². The average Bonchev–Trinajstić information content (AvgIpc) is 2.89. The Morgan fingerprint density at radius 3 is 2.80 bits per heavy atom. The number of nitrogens with zero attached hydrogens (tertiary/aromatic N) is 1. The van der Waals surface area contributed by atoms with Crippen molar-refractivity contribution in [3.63, 3.8) is 0 Å². The van der Waals surface area contributed by atoms with Crippen molar-refractivity contribution in [2.75, 3.05) is 19.6 Å². The van der Waals surface area contributed by atoms with Gasteiger partial charge >= 0.3 is 6.03 Å². The Bertz CT molecular complexity index is 385. The number of urea groups is 1. The number of hydrogen-bond donors (Lipinski definition) is 2. The molecule has 4 fully saturated rings. The van der Waals surface area contributed by atoms with E-state index < -0.39 is 0 Å². The van der Waals surface area contributed by atoms with E-state index in [0.717, 1.165) is 25.4 Å². The number of nitrogens with one attached hydrogen (secondary N) is 2. The molecule has 112 valence electrons. The molecule has 4 atom stereocenters. The van der Waals surface area contributed by atoms with Crippen LogP contribution in [0, 0.1) is 5.92 Å². The molecule has 20 heavy (non-hydrogen) atoms. The van der Waals surface area contributed by atoms with Crippen molar-refractivity contribution < 1.29 is 9.53 Å². The van der Waals surface area contributed by atoms with Gasteiger partial charge in [-0.25, -0.2) is 4.79 Å². The second-order valence-corrected chi connectivity index (χ2v) is 6.95. The zero-order valence-electron chi connectivity index (χ0n) is 12.0. The Morgan fingerprint density at radius 1 is 1.20 bits per heavy atom. The number of amides is 2. The topological polar surface area (TPSA) is 53.6 Å². The zero-order chi connectivity index (χ0) is 13.5. The lowest BCUT2D eigenvalue weighted by atomic mass is 9.96. The van der Waals surface area contributed by atoms with Crippen LogP contribution in [0.15, 0.2) is 0 Å². The lowest BCUT2D eigenvalue weighted by Crippen LogP contribution is -2.47. The molecule has 0 aromatic heterocycles. The summed E-state index contributed by atoms with van der Waals surface area (Å²) in [5.41, 5.74) is 0. The average molecular weight is 279 g/mol. The molecule has 3 saturated heterocycles. The van der Waals surface area contributed by atoms with Crippen molar-refractivity contribution in [1.29, 1.82) is 0 Å². The first-order valence-corrected chi connectivity index (χ1v) is 8.22. The summed E-state index contributed by atoms with van der Waals surface area (Å²) in [4.78, 5) is 14.6. The highest BCUT2D eigenvalue weighted by Crippen LogP contribution is 2.34. The van der Waals surface area contributed by atoms with Crippen LogP contribution in [0.3, 0.4) is 0 Å². The van der Waals surface area contributed by atoms with Crippen LogP contribution in [0.4, 0.5) is 4.79 Å². The number of carbonyl (C=O) groups excluding carboxylic acids is 1. The van der Waals surface area contributed by atoms with Crippen LogP contribution < -0.4 is 10.6 Å². The van der Waals surface area contributed by atoms with E-state index in [1.54, 1.807) is 0 Å². The summed E-state index contributed by atoms with van der Waals surface area (Å²) in [5, 5.41) is 6.15. The Hall–Kier alpha value is -0.810. The number of hydrogen-bond acceptors (Lipinski definition) is 3. The van der Waals surface area contributed by atoms with Gasteiger partial charge in [-0.15, -0.1) is 0 Å². The molecular weight excluding hydrogens is 254 g/mol. The van der Waals surface area contributed by atoms with Crippen molar-refractivity contribution >= 4 is 6.03 Å². The molecule has 1 saturated carbocycles. The summed E-state index contributed by atoms with van der Waals surface area (Å²) < 4.78 is 5.76. The lowest BCUT2D eigenvalue weighted by Gasteiger charge is -2.21. The van der Waals surface area contributed by atoms with Crippen LogP contribution in [-0.2, 0) is 4.74 Å². The molecule has 0 aromatic carbocycles.